The van der Waals surface area contributed by atoms with Gasteiger partial charge in [-0.05, 0) is 78.8 Å². The van der Waals surface area contributed by atoms with Gasteiger partial charge in [-0.3, -0.25) is 38.7 Å². The van der Waals surface area contributed by atoms with Gasteiger partial charge in [0.05, 0.1) is 19.6 Å². The summed E-state index contributed by atoms with van der Waals surface area (Å²) in [5.41, 5.74) is 0.869. The van der Waals surface area contributed by atoms with Crippen molar-refractivity contribution in [3.05, 3.63) is 33.4 Å². The zero-order chi connectivity index (χ0) is 46.9. The number of carbonyl (C=O) groups excluding carboxylic acids is 3. The summed E-state index contributed by atoms with van der Waals surface area (Å²) in [7, 11) is 0. The number of hydrogen-bond acceptors (Lipinski definition) is 12. The van der Waals surface area contributed by atoms with Crippen LogP contribution < -0.4 is 16.0 Å². The fourth-order valence-electron chi connectivity index (χ4n) is 6.53. The Morgan fingerprint density at radius 2 is 1.11 bits per heavy atom. The number of carbonyl (C=O) groups is 9. The van der Waals surface area contributed by atoms with Crippen LogP contribution in [0.5, 0.6) is 0 Å². The van der Waals surface area contributed by atoms with E-state index < -0.39 is 66.9 Å². The first-order chi connectivity index (χ1) is 29.8. The van der Waals surface area contributed by atoms with Gasteiger partial charge in [0.25, 0.3) is 0 Å². The minimum atomic E-state index is -1.54. The van der Waals surface area contributed by atoms with E-state index in [1.54, 1.807) is 19.6 Å². The van der Waals surface area contributed by atoms with Gasteiger partial charge in [-0.15, -0.1) is 0 Å². The van der Waals surface area contributed by atoms with Crippen LogP contribution in [0.15, 0.2) is 24.3 Å². The Hall–Kier alpha value is -5.34. The number of unbranched alkanes of at least 4 members (excludes halogenated alkanes) is 2. The quantitative estimate of drug-likeness (QED) is 0.0467. The van der Waals surface area contributed by atoms with Crippen LogP contribution in [0.1, 0.15) is 56.9 Å². The third kappa shape index (κ3) is 23.6. The van der Waals surface area contributed by atoms with E-state index in [-0.39, 0.29) is 123 Å². The summed E-state index contributed by atoms with van der Waals surface area (Å²) in [6.45, 7) is 1.28. The van der Waals surface area contributed by atoms with Gasteiger partial charge in [0, 0.05) is 88.4 Å². The molecule has 1 aromatic rings. The number of aliphatic carboxylic acids is 5. The monoisotopic (exact) mass is 1010 g/mol. The number of carboxylic acids is 5. The van der Waals surface area contributed by atoms with Crippen molar-refractivity contribution in [3.63, 3.8) is 0 Å². The largest absolute Gasteiger partial charge is 0.481 e. The van der Waals surface area contributed by atoms with Gasteiger partial charge in [-0.1, -0.05) is 12.1 Å². The van der Waals surface area contributed by atoms with Crippen molar-refractivity contribution >= 4 is 76.4 Å². The smallest absolute Gasteiger partial charge is 0.407 e. The molecule has 24 heteroatoms. The SMILES string of the molecule is O=C(O)CC[C@H](NC(=O)N[C@@H](CCCCN(Cc1ccc(I)cc1)C(=O)CCCCNC(=O)CN1CCN(CC(=O)O)CCN(CC(=O)O)CCN(C(=O)O)CC1)C(=O)O)C(=O)O. The first-order valence-corrected chi connectivity index (χ1v) is 21.5. The van der Waals surface area contributed by atoms with Crippen LogP contribution in [-0.2, 0) is 40.1 Å². The van der Waals surface area contributed by atoms with Crippen LogP contribution >= 0.6 is 22.6 Å². The molecular weight excluding hydrogens is 947 g/mol. The van der Waals surface area contributed by atoms with E-state index in [0.717, 1.165) is 14.0 Å². The molecule has 2 atom stereocenters. The summed E-state index contributed by atoms with van der Waals surface area (Å²) in [5.74, 6) is -6.78. The molecule has 352 valence electrons. The predicted octanol–water partition coefficient (Wildman–Crippen LogP) is 0.216. The van der Waals surface area contributed by atoms with Crippen molar-refractivity contribution in [2.24, 2.45) is 0 Å². The molecule has 1 saturated heterocycles. The molecule has 63 heavy (non-hydrogen) atoms. The molecule has 0 radical (unpaired) electrons. The number of halogens is 1. The van der Waals surface area contributed by atoms with Gasteiger partial charge < -0.3 is 56.4 Å². The first-order valence-electron chi connectivity index (χ1n) is 20.4. The van der Waals surface area contributed by atoms with Crippen LogP contribution in [0, 0.1) is 3.57 Å². The summed E-state index contributed by atoms with van der Waals surface area (Å²) >= 11 is 2.16. The van der Waals surface area contributed by atoms with E-state index in [9.17, 15) is 68.7 Å². The second-order valence-electron chi connectivity index (χ2n) is 15.0. The van der Waals surface area contributed by atoms with Crippen molar-refractivity contribution in [2.75, 3.05) is 85.1 Å². The summed E-state index contributed by atoms with van der Waals surface area (Å²) in [6.07, 6.45) is -0.492. The Morgan fingerprint density at radius 3 is 1.60 bits per heavy atom. The number of amides is 5. The summed E-state index contributed by atoms with van der Waals surface area (Å²) in [6, 6.07) is 3.57. The van der Waals surface area contributed by atoms with Crippen molar-refractivity contribution in [3.8, 4) is 0 Å². The van der Waals surface area contributed by atoms with E-state index in [1.165, 1.54) is 0 Å². The second-order valence-corrected chi connectivity index (χ2v) is 16.2. The van der Waals surface area contributed by atoms with Gasteiger partial charge >= 0.3 is 42.0 Å². The summed E-state index contributed by atoms with van der Waals surface area (Å²) in [5, 5.41) is 63.4. The molecule has 0 spiro atoms. The van der Waals surface area contributed by atoms with Gasteiger partial charge in [0.1, 0.15) is 12.1 Å². The number of hydrogen-bond donors (Lipinski definition) is 9. The third-order valence-corrected chi connectivity index (χ3v) is 10.7. The molecule has 1 heterocycles. The fourth-order valence-corrected chi connectivity index (χ4v) is 6.89. The van der Waals surface area contributed by atoms with Crippen LogP contribution in [-0.4, -0.2) is 206 Å². The Labute approximate surface area is 377 Å². The molecule has 0 aliphatic carbocycles. The molecule has 5 amide bonds. The topological polar surface area (TPSA) is 327 Å². The normalized spacial score (nSPS) is 15.4. The second kappa shape index (κ2) is 29.1. The molecule has 23 nitrogen and oxygen atoms in total. The Morgan fingerprint density at radius 1 is 0.603 bits per heavy atom. The number of rotatable bonds is 25. The zero-order valence-electron chi connectivity index (χ0n) is 35.0. The van der Waals surface area contributed by atoms with Crippen molar-refractivity contribution in [2.45, 2.75) is 70.0 Å². The lowest BCUT2D eigenvalue weighted by Crippen LogP contribution is -2.51. The standard InChI is InChI=1S/C39H59IN8O15/c40-28-9-7-27(8-10-28)23-48(14-4-2-5-29(36(57)58)42-38(61)43-30(37(59)60)11-12-33(51)52)32(50)6-1-3-13-41-31(49)24-44-15-16-45(25-34(53)54)17-18-46(26-35(55)56)20-22-47(21-19-44)39(62)63/h7-10,29-30H,1-6,11-26H2,(H,41,49)(H,51,52)(H,53,54)(H,55,56)(H,57,58)(H,59,60)(H,62,63)(H2,42,43,61)/t29-,30-/m0/s1. The maximum Gasteiger partial charge on any atom is 0.407 e. The minimum absolute atomic E-state index is 0.0169. The third-order valence-electron chi connectivity index (χ3n) is 10.00. The van der Waals surface area contributed by atoms with E-state index in [2.05, 4.69) is 38.5 Å². The minimum Gasteiger partial charge on any atom is -0.481 e. The molecule has 1 aromatic carbocycles. The average molecular weight is 1010 g/mol. The molecule has 1 aliphatic heterocycles. The molecule has 0 bridgehead atoms. The van der Waals surface area contributed by atoms with Crippen molar-refractivity contribution in [1.29, 1.82) is 0 Å². The van der Waals surface area contributed by atoms with Crippen LogP contribution in [0.3, 0.4) is 0 Å². The maximum absolute atomic E-state index is 13.5. The molecule has 2 rings (SSSR count). The van der Waals surface area contributed by atoms with E-state index in [1.807, 2.05) is 24.3 Å². The fraction of sp³-hybridized carbons (Fsp3) is 0.615. The average Bonchev–Trinajstić information content (AvgIpc) is 3.19. The number of benzene rings is 1. The Balaban J connectivity index is 1.94. The highest BCUT2D eigenvalue weighted by Gasteiger charge is 2.26. The zero-order valence-corrected chi connectivity index (χ0v) is 37.1. The molecule has 0 unspecified atom stereocenters. The first kappa shape index (κ1) is 53.8. The number of urea groups is 1. The van der Waals surface area contributed by atoms with E-state index in [4.69, 9.17) is 5.11 Å². The van der Waals surface area contributed by atoms with E-state index in [0.29, 0.717) is 19.3 Å². The molecular formula is C39H59IN8O15. The lowest BCUT2D eigenvalue weighted by Gasteiger charge is -2.32. The number of nitrogens with zero attached hydrogens (tertiary/aromatic N) is 5. The Bertz CT molecular complexity index is 1710. The Kier molecular flexibility index (Phi) is 24.9. The lowest BCUT2D eigenvalue weighted by atomic mass is 10.1. The number of carboxylic acid groups (broad SMARTS) is 6. The van der Waals surface area contributed by atoms with Crippen LogP contribution in [0.25, 0.3) is 0 Å². The van der Waals surface area contributed by atoms with Crippen molar-refractivity contribution < 1.29 is 73.8 Å². The molecule has 9 N–H and O–H groups in total. The summed E-state index contributed by atoms with van der Waals surface area (Å²) < 4.78 is 1.00. The highest BCUT2D eigenvalue weighted by molar-refractivity contribution is 14.1. The van der Waals surface area contributed by atoms with Crippen LogP contribution in [0.2, 0.25) is 0 Å². The van der Waals surface area contributed by atoms with Crippen molar-refractivity contribution in [1.82, 2.24) is 40.4 Å². The predicted molar refractivity (Wildman–Crippen MR) is 231 cm³/mol. The lowest BCUT2D eigenvalue weighted by molar-refractivity contribution is -0.141. The molecule has 1 aliphatic rings. The number of nitrogens with one attached hydrogen (secondary N) is 3. The van der Waals surface area contributed by atoms with Gasteiger partial charge in [0.15, 0.2) is 0 Å². The molecule has 0 aromatic heterocycles. The summed E-state index contributed by atoms with van der Waals surface area (Å²) in [4.78, 5) is 116. The molecule has 1 fully saturated rings. The highest BCUT2D eigenvalue weighted by atomic mass is 127. The molecule has 0 saturated carbocycles. The van der Waals surface area contributed by atoms with E-state index >= 15 is 0 Å². The van der Waals surface area contributed by atoms with Gasteiger partial charge in [0.2, 0.25) is 11.8 Å². The van der Waals surface area contributed by atoms with Gasteiger partial charge in [-0.2, -0.15) is 0 Å². The highest BCUT2D eigenvalue weighted by Crippen LogP contribution is 2.14. The maximum atomic E-state index is 13.5. The van der Waals surface area contributed by atoms with Crippen LogP contribution in [0.4, 0.5) is 9.59 Å². The van der Waals surface area contributed by atoms with Gasteiger partial charge in [-0.25, -0.2) is 19.2 Å².